The van der Waals surface area contributed by atoms with Crippen LogP contribution in [0.3, 0.4) is 0 Å². The van der Waals surface area contributed by atoms with E-state index < -0.39 is 0 Å². The van der Waals surface area contributed by atoms with Gasteiger partial charge in [-0.3, -0.25) is 0 Å². The minimum Gasteiger partial charge on any atom is -0.494 e. The molecule has 24 heavy (non-hydrogen) atoms. The summed E-state index contributed by atoms with van der Waals surface area (Å²) in [7, 11) is 0. The van der Waals surface area contributed by atoms with Crippen molar-refractivity contribution in [2.75, 3.05) is 13.2 Å². The molecule has 2 aromatic carbocycles. The fourth-order valence-electron chi connectivity index (χ4n) is 2.79. The Morgan fingerprint density at radius 2 is 2.08 bits per heavy atom. The lowest BCUT2D eigenvalue weighted by Crippen LogP contribution is -2.16. The Hall–Kier alpha value is -1.97. The molecule has 0 aliphatic rings. The summed E-state index contributed by atoms with van der Waals surface area (Å²) in [6.07, 6.45) is 4.08. The summed E-state index contributed by atoms with van der Waals surface area (Å²) in [6, 6.07) is 14.3. The van der Waals surface area contributed by atoms with Crippen LogP contribution in [0.4, 0.5) is 0 Å². The van der Waals surface area contributed by atoms with E-state index in [0.29, 0.717) is 0 Å². The highest BCUT2D eigenvalue weighted by molar-refractivity contribution is 6.31. The predicted molar refractivity (Wildman–Crippen MR) is 101 cm³/mol. The number of hydrogen-bond acceptors (Lipinski definition) is 2. The van der Waals surface area contributed by atoms with Crippen molar-refractivity contribution >= 4 is 22.5 Å². The molecule has 0 amide bonds. The molecule has 2 N–H and O–H groups in total. The average Bonchev–Trinajstić information content (AvgIpc) is 2.99. The van der Waals surface area contributed by atoms with Crippen molar-refractivity contribution in [2.45, 2.75) is 26.3 Å². The van der Waals surface area contributed by atoms with Crippen molar-refractivity contribution in [2.24, 2.45) is 0 Å². The standard InChI is InChI=1S/C20H23ClN2O/c1-2-10-24-18-5-3-4-15(11-18)13-22-9-8-16-14-23-20-12-17(21)6-7-19(16)20/h3-7,11-12,14,22-23H,2,8-10,13H2,1H3. The molecule has 0 atom stereocenters. The van der Waals surface area contributed by atoms with Crippen LogP contribution in [-0.4, -0.2) is 18.1 Å². The second-order valence-electron chi connectivity index (χ2n) is 5.93. The van der Waals surface area contributed by atoms with Crippen LogP contribution in [0.25, 0.3) is 10.9 Å². The van der Waals surface area contributed by atoms with Crippen molar-refractivity contribution < 1.29 is 4.74 Å². The number of nitrogens with one attached hydrogen (secondary N) is 2. The molecule has 1 heterocycles. The number of aromatic amines is 1. The van der Waals surface area contributed by atoms with Gasteiger partial charge in [0.15, 0.2) is 0 Å². The zero-order valence-corrected chi connectivity index (χ0v) is 14.7. The Morgan fingerprint density at radius 1 is 1.17 bits per heavy atom. The second kappa shape index (κ2) is 8.22. The van der Waals surface area contributed by atoms with Crippen LogP contribution >= 0.6 is 11.6 Å². The number of fused-ring (bicyclic) bond motifs is 1. The minimum absolute atomic E-state index is 0.763. The fourth-order valence-corrected chi connectivity index (χ4v) is 2.96. The van der Waals surface area contributed by atoms with Crippen LogP contribution in [0.15, 0.2) is 48.7 Å². The molecular formula is C20H23ClN2O. The van der Waals surface area contributed by atoms with Gasteiger partial charge in [0.05, 0.1) is 6.61 Å². The van der Waals surface area contributed by atoms with Gasteiger partial charge in [-0.2, -0.15) is 0 Å². The van der Waals surface area contributed by atoms with E-state index in [2.05, 4.69) is 41.6 Å². The molecule has 0 saturated carbocycles. The number of rotatable bonds is 8. The molecule has 0 spiro atoms. The Labute approximate surface area is 148 Å². The third kappa shape index (κ3) is 4.31. The fraction of sp³-hybridized carbons (Fsp3) is 0.300. The maximum Gasteiger partial charge on any atom is 0.119 e. The molecule has 3 rings (SSSR count). The summed E-state index contributed by atoms with van der Waals surface area (Å²) in [4.78, 5) is 3.29. The van der Waals surface area contributed by atoms with E-state index in [1.54, 1.807) is 0 Å². The average molecular weight is 343 g/mol. The van der Waals surface area contributed by atoms with Crippen LogP contribution < -0.4 is 10.1 Å². The SMILES string of the molecule is CCCOc1cccc(CNCCc2c[nH]c3cc(Cl)ccc23)c1. The largest absolute Gasteiger partial charge is 0.494 e. The van der Waals surface area contributed by atoms with Crippen LogP contribution in [0.2, 0.25) is 5.02 Å². The summed E-state index contributed by atoms with van der Waals surface area (Å²) in [5.41, 5.74) is 3.65. The van der Waals surface area contributed by atoms with Gasteiger partial charge in [-0.05, 0) is 54.8 Å². The van der Waals surface area contributed by atoms with E-state index >= 15 is 0 Å². The highest BCUT2D eigenvalue weighted by atomic mass is 35.5. The van der Waals surface area contributed by atoms with Crippen molar-refractivity contribution in [3.05, 3.63) is 64.8 Å². The van der Waals surface area contributed by atoms with Crippen molar-refractivity contribution in [3.63, 3.8) is 0 Å². The summed E-state index contributed by atoms with van der Waals surface area (Å²) in [6.45, 7) is 4.65. The van der Waals surface area contributed by atoms with Gasteiger partial charge in [0.1, 0.15) is 5.75 Å². The first-order chi connectivity index (χ1) is 11.8. The van der Waals surface area contributed by atoms with E-state index in [1.807, 2.05) is 24.3 Å². The Kier molecular flexibility index (Phi) is 5.78. The molecule has 0 aliphatic heterocycles. The quantitative estimate of drug-likeness (QED) is 0.569. The normalized spacial score (nSPS) is 11.1. The van der Waals surface area contributed by atoms with E-state index in [0.717, 1.165) is 48.8 Å². The first-order valence-corrected chi connectivity index (χ1v) is 8.82. The summed E-state index contributed by atoms with van der Waals surface area (Å²) in [5.74, 6) is 0.949. The lowest BCUT2D eigenvalue weighted by Gasteiger charge is -2.08. The summed E-state index contributed by atoms with van der Waals surface area (Å²) < 4.78 is 5.68. The Balaban J connectivity index is 1.51. The lowest BCUT2D eigenvalue weighted by molar-refractivity contribution is 0.317. The monoisotopic (exact) mass is 342 g/mol. The molecule has 0 radical (unpaired) electrons. The first-order valence-electron chi connectivity index (χ1n) is 8.44. The van der Waals surface area contributed by atoms with Crippen LogP contribution in [-0.2, 0) is 13.0 Å². The van der Waals surface area contributed by atoms with E-state index in [4.69, 9.17) is 16.3 Å². The molecule has 126 valence electrons. The number of aromatic nitrogens is 1. The van der Waals surface area contributed by atoms with Gasteiger partial charge < -0.3 is 15.0 Å². The zero-order chi connectivity index (χ0) is 16.8. The van der Waals surface area contributed by atoms with Gasteiger partial charge in [0, 0.05) is 28.7 Å². The molecule has 0 fully saturated rings. The van der Waals surface area contributed by atoms with Gasteiger partial charge in [-0.1, -0.05) is 36.7 Å². The topological polar surface area (TPSA) is 37.0 Å². The molecule has 3 aromatic rings. The maximum absolute atomic E-state index is 6.02. The Morgan fingerprint density at radius 3 is 2.96 bits per heavy atom. The minimum atomic E-state index is 0.763. The molecule has 0 saturated heterocycles. The summed E-state index contributed by atoms with van der Waals surface area (Å²) in [5, 5.41) is 5.51. The number of ether oxygens (including phenoxy) is 1. The predicted octanol–water partition coefficient (Wildman–Crippen LogP) is 4.94. The van der Waals surface area contributed by atoms with Gasteiger partial charge >= 0.3 is 0 Å². The number of benzene rings is 2. The van der Waals surface area contributed by atoms with E-state index in [9.17, 15) is 0 Å². The molecular weight excluding hydrogens is 320 g/mol. The van der Waals surface area contributed by atoms with Crippen LogP contribution in [0.1, 0.15) is 24.5 Å². The smallest absolute Gasteiger partial charge is 0.119 e. The van der Waals surface area contributed by atoms with E-state index in [-0.39, 0.29) is 0 Å². The third-order valence-corrected chi connectivity index (χ3v) is 4.24. The zero-order valence-electron chi connectivity index (χ0n) is 13.9. The highest BCUT2D eigenvalue weighted by Gasteiger charge is 2.04. The number of hydrogen-bond donors (Lipinski definition) is 2. The van der Waals surface area contributed by atoms with Gasteiger partial charge in [0.25, 0.3) is 0 Å². The number of halogens is 1. The van der Waals surface area contributed by atoms with Crippen LogP contribution in [0, 0.1) is 0 Å². The molecule has 0 unspecified atom stereocenters. The van der Waals surface area contributed by atoms with Crippen molar-refractivity contribution in [3.8, 4) is 5.75 Å². The van der Waals surface area contributed by atoms with Crippen LogP contribution in [0.5, 0.6) is 5.75 Å². The number of H-pyrrole nitrogens is 1. The molecule has 3 nitrogen and oxygen atoms in total. The van der Waals surface area contributed by atoms with Gasteiger partial charge in [-0.25, -0.2) is 0 Å². The van der Waals surface area contributed by atoms with Gasteiger partial charge in [0.2, 0.25) is 0 Å². The molecule has 0 bridgehead atoms. The van der Waals surface area contributed by atoms with Crippen molar-refractivity contribution in [1.29, 1.82) is 0 Å². The highest BCUT2D eigenvalue weighted by Crippen LogP contribution is 2.22. The maximum atomic E-state index is 6.02. The third-order valence-electron chi connectivity index (χ3n) is 4.00. The van der Waals surface area contributed by atoms with Crippen molar-refractivity contribution in [1.82, 2.24) is 10.3 Å². The lowest BCUT2D eigenvalue weighted by atomic mass is 10.1. The second-order valence-corrected chi connectivity index (χ2v) is 6.36. The van der Waals surface area contributed by atoms with E-state index in [1.165, 1.54) is 16.5 Å². The first kappa shape index (κ1) is 16.9. The molecule has 1 aromatic heterocycles. The molecule has 0 aliphatic carbocycles. The molecule has 4 heteroatoms. The Bertz CT molecular complexity index is 797. The van der Waals surface area contributed by atoms with Gasteiger partial charge in [-0.15, -0.1) is 0 Å². The summed E-state index contributed by atoms with van der Waals surface area (Å²) >= 11 is 6.02.